The van der Waals surface area contributed by atoms with E-state index in [-0.39, 0.29) is 11.5 Å². The number of aryl methyl sites for hydroxylation is 2. The minimum Gasteiger partial charge on any atom is -0.507 e. The highest BCUT2D eigenvalue weighted by molar-refractivity contribution is 6.10. The summed E-state index contributed by atoms with van der Waals surface area (Å²) in [6.45, 7) is 3.87. The summed E-state index contributed by atoms with van der Waals surface area (Å²) in [5.74, 6) is -0.250. The Kier molecular flexibility index (Phi) is 3.51. The van der Waals surface area contributed by atoms with Gasteiger partial charge in [0, 0.05) is 6.20 Å². The van der Waals surface area contributed by atoms with Crippen molar-refractivity contribution in [3.8, 4) is 11.4 Å². The number of aromatic hydroxyl groups is 1. The molecule has 4 nitrogen and oxygen atoms in total. The molecular weight excluding hydrogens is 276 g/mol. The van der Waals surface area contributed by atoms with Crippen LogP contribution < -0.4 is 0 Å². The normalized spacial score (nSPS) is 10.6. The molecule has 1 aromatic heterocycles. The molecule has 0 aliphatic heterocycles. The molecule has 0 saturated heterocycles. The van der Waals surface area contributed by atoms with E-state index in [4.69, 9.17) is 0 Å². The number of hydrogen-bond acceptors (Lipinski definition) is 3. The average Bonchev–Trinajstić information content (AvgIpc) is 2.99. The molecule has 0 aliphatic rings. The van der Waals surface area contributed by atoms with Crippen molar-refractivity contribution in [2.45, 2.75) is 13.8 Å². The Morgan fingerprint density at radius 1 is 1.14 bits per heavy atom. The maximum absolute atomic E-state index is 12.5. The first-order valence-electron chi connectivity index (χ1n) is 7.01. The van der Waals surface area contributed by atoms with Crippen molar-refractivity contribution < 1.29 is 9.90 Å². The monoisotopic (exact) mass is 292 g/mol. The van der Waals surface area contributed by atoms with Gasteiger partial charge in [-0.05, 0) is 37.6 Å². The van der Waals surface area contributed by atoms with Gasteiger partial charge in [0.05, 0.1) is 23.0 Å². The van der Waals surface area contributed by atoms with Gasteiger partial charge in [-0.1, -0.05) is 29.8 Å². The number of nitrogens with zero attached hydrogens (tertiary/aromatic N) is 2. The number of para-hydroxylation sites is 1. The van der Waals surface area contributed by atoms with Gasteiger partial charge in [-0.2, -0.15) is 5.10 Å². The lowest BCUT2D eigenvalue weighted by molar-refractivity contribution is 0.103. The van der Waals surface area contributed by atoms with E-state index in [1.54, 1.807) is 23.0 Å². The van der Waals surface area contributed by atoms with Crippen molar-refractivity contribution in [2.24, 2.45) is 0 Å². The molecular formula is C18H16N2O2. The van der Waals surface area contributed by atoms with Gasteiger partial charge in [0.15, 0.2) is 5.78 Å². The zero-order valence-electron chi connectivity index (χ0n) is 12.4. The lowest BCUT2D eigenvalue weighted by Crippen LogP contribution is -2.01. The first-order chi connectivity index (χ1) is 10.6. The van der Waals surface area contributed by atoms with Crippen molar-refractivity contribution >= 4 is 5.78 Å². The number of phenols is 1. The number of phenolic OH excluding ortho intramolecular Hbond substituents is 1. The van der Waals surface area contributed by atoms with Gasteiger partial charge in [0.2, 0.25) is 0 Å². The SMILES string of the molecule is Cc1ccc(O)c(C(=O)c2cnn(-c3ccccc3C)c2)c1. The van der Waals surface area contributed by atoms with E-state index in [1.807, 2.05) is 38.1 Å². The van der Waals surface area contributed by atoms with Crippen LogP contribution in [0.5, 0.6) is 5.75 Å². The summed E-state index contributed by atoms with van der Waals surface area (Å²) >= 11 is 0. The molecule has 0 saturated carbocycles. The third-order valence-electron chi connectivity index (χ3n) is 3.60. The Bertz CT molecular complexity index is 850. The van der Waals surface area contributed by atoms with Crippen molar-refractivity contribution in [2.75, 3.05) is 0 Å². The van der Waals surface area contributed by atoms with E-state index >= 15 is 0 Å². The molecule has 110 valence electrons. The fourth-order valence-corrected chi connectivity index (χ4v) is 2.38. The van der Waals surface area contributed by atoms with Crippen LogP contribution in [0.3, 0.4) is 0 Å². The van der Waals surface area contributed by atoms with Crippen molar-refractivity contribution in [3.63, 3.8) is 0 Å². The molecule has 1 heterocycles. The Hall–Kier alpha value is -2.88. The molecule has 0 unspecified atom stereocenters. The van der Waals surface area contributed by atoms with E-state index in [2.05, 4.69) is 5.10 Å². The number of rotatable bonds is 3. The van der Waals surface area contributed by atoms with E-state index in [0.717, 1.165) is 16.8 Å². The number of aromatic nitrogens is 2. The van der Waals surface area contributed by atoms with Crippen molar-refractivity contribution in [3.05, 3.63) is 77.1 Å². The molecule has 1 N–H and O–H groups in total. The van der Waals surface area contributed by atoms with Crippen LogP contribution in [-0.2, 0) is 0 Å². The highest BCUT2D eigenvalue weighted by Gasteiger charge is 2.16. The molecule has 0 aliphatic carbocycles. The van der Waals surface area contributed by atoms with E-state index in [0.29, 0.717) is 11.1 Å². The van der Waals surface area contributed by atoms with Crippen molar-refractivity contribution in [1.29, 1.82) is 0 Å². The largest absolute Gasteiger partial charge is 0.507 e. The molecule has 0 bridgehead atoms. The number of benzene rings is 2. The Balaban J connectivity index is 1.99. The quantitative estimate of drug-likeness (QED) is 0.752. The number of hydrogen-bond donors (Lipinski definition) is 1. The molecule has 0 amide bonds. The van der Waals surface area contributed by atoms with Gasteiger partial charge >= 0.3 is 0 Å². The summed E-state index contributed by atoms with van der Waals surface area (Å²) in [6.07, 6.45) is 3.21. The van der Waals surface area contributed by atoms with Crippen LogP contribution in [0.15, 0.2) is 54.9 Å². The lowest BCUT2D eigenvalue weighted by atomic mass is 10.0. The van der Waals surface area contributed by atoms with Gasteiger partial charge in [-0.3, -0.25) is 4.79 Å². The molecule has 3 rings (SSSR count). The van der Waals surface area contributed by atoms with Crippen LogP contribution in [0.4, 0.5) is 0 Å². The van der Waals surface area contributed by atoms with Crippen LogP contribution in [0, 0.1) is 13.8 Å². The Labute approximate surface area is 128 Å². The minimum absolute atomic E-state index is 0.0146. The molecule has 22 heavy (non-hydrogen) atoms. The number of ketones is 1. The van der Waals surface area contributed by atoms with Crippen LogP contribution in [-0.4, -0.2) is 20.7 Å². The molecule has 3 aromatic rings. The first-order valence-corrected chi connectivity index (χ1v) is 7.01. The van der Waals surface area contributed by atoms with E-state index in [1.165, 1.54) is 12.3 Å². The molecule has 4 heteroatoms. The predicted molar refractivity (Wildman–Crippen MR) is 84.6 cm³/mol. The highest BCUT2D eigenvalue weighted by atomic mass is 16.3. The zero-order chi connectivity index (χ0) is 15.7. The number of carbonyl (C=O) groups is 1. The first kappa shape index (κ1) is 14.1. The smallest absolute Gasteiger partial charge is 0.199 e. The minimum atomic E-state index is -0.235. The van der Waals surface area contributed by atoms with Crippen LogP contribution in [0.2, 0.25) is 0 Å². The van der Waals surface area contributed by atoms with Crippen LogP contribution >= 0.6 is 0 Å². The van der Waals surface area contributed by atoms with Crippen molar-refractivity contribution in [1.82, 2.24) is 9.78 Å². The second-order valence-electron chi connectivity index (χ2n) is 5.31. The maximum Gasteiger partial charge on any atom is 0.199 e. The third kappa shape index (κ3) is 2.51. The van der Waals surface area contributed by atoms with Gasteiger partial charge in [-0.25, -0.2) is 4.68 Å². The van der Waals surface area contributed by atoms with Gasteiger partial charge < -0.3 is 5.11 Å². The standard InChI is InChI=1S/C18H16N2O2/c1-12-7-8-17(21)15(9-12)18(22)14-10-19-20(11-14)16-6-4-3-5-13(16)2/h3-11,21H,1-2H3. The topological polar surface area (TPSA) is 55.1 Å². The Morgan fingerprint density at radius 3 is 2.68 bits per heavy atom. The maximum atomic E-state index is 12.5. The average molecular weight is 292 g/mol. The second kappa shape index (κ2) is 5.48. The fourth-order valence-electron chi connectivity index (χ4n) is 2.38. The molecule has 0 spiro atoms. The summed E-state index contributed by atoms with van der Waals surface area (Å²) in [4.78, 5) is 12.5. The number of carbonyl (C=O) groups excluding carboxylic acids is 1. The van der Waals surface area contributed by atoms with Crippen LogP contribution in [0.1, 0.15) is 27.0 Å². The third-order valence-corrected chi connectivity index (χ3v) is 3.60. The molecule has 0 fully saturated rings. The second-order valence-corrected chi connectivity index (χ2v) is 5.31. The summed E-state index contributed by atoms with van der Waals surface area (Å²) in [5, 5.41) is 14.1. The highest BCUT2D eigenvalue weighted by Crippen LogP contribution is 2.22. The molecule has 0 radical (unpaired) electrons. The molecule has 0 atom stereocenters. The van der Waals surface area contributed by atoms with E-state index in [9.17, 15) is 9.90 Å². The van der Waals surface area contributed by atoms with Gasteiger partial charge in [0.25, 0.3) is 0 Å². The predicted octanol–water partition coefficient (Wildman–Crippen LogP) is 3.43. The lowest BCUT2D eigenvalue weighted by Gasteiger charge is -2.05. The fraction of sp³-hybridized carbons (Fsp3) is 0.111. The molecule has 2 aromatic carbocycles. The summed E-state index contributed by atoms with van der Waals surface area (Å²) in [5.41, 5.74) is 3.67. The van der Waals surface area contributed by atoms with Gasteiger partial charge in [-0.15, -0.1) is 0 Å². The summed E-state index contributed by atoms with van der Waals surface area (Å²) in [6, 6.07) is 12.8. The van der Waals surface area contributed by atoms with Crippen LogP contribution in [0.25, 0.3) is 5.69 Å². The summed E-state index contributed by atoms with van der Waals surface area (Å²) in [7, 11) is 0. The van der Waals surface area contributed by atoms with E-state index < -0.39 is 0 Å². The Morgan fingerprint density at radius 2 is 1.91 bits per heavy atom. The zero-order valence-corrected chi connectivity index (χ0v) is 12.4. The summed E-state index contributed by atoms with van der Waals surface area (Å²) < 4.78 is 1.68. The van der Waals surface area contributed by atoms with Gasteiger partial charge in [0.1, 0.15) is 5.75 Å².